The zero-order chi connectivity index (χ0) is 13.4. The molecule has 0 aliphatic carbocycles. The lowest BCUT2D eigenvalue weighted by atomic mass is 10.1. The number of carbonyl (C=O) groups is 1. The summed E-state index contributed by atoms with van der Waals surface area (Å²) < 4.78 is 4.96. The molecule has 0 spiro atoms. The van der Waals surface area contributed by atoms with Crippen LogP contribution in [0.4, 0.5) is 5.69 Å². The Labute approximate surface area is 108 Å². The molecule has 0 saturated carbocycles. The van der Waals surface area contributed by atoms with Crippen LogP contribution in [-0.2, 0) is 4.74 Å². The molecule has 1 aromatic carbocycles. The third kappa shape index (κ3) is 4.19. The number of Topliss-reactive ketones (excluding diaryl/α,β-unsaturated/α-hetero) is 1. The minimum absolute atomic E-state index is 0.00178. The molecule has 0 aliphatic heterocycles. The summed E-state index contributed by atoms with van der Waals surface area (Å²) in [6.45, 7) is 3.02. The second-order valence-corrected chi connectivity index (χ2v) is 4.06. The van der Waals surface area contributed by atoms with Crippen molar-refractivity contribution in [3.8, 4) is 6.07 Å². The molecular formula is C14H18N2O2. The van der Waals surface area contributed by atoms with E-state index >= 15 is 0 Å². The zero-order valence-corrected chi connectivity index (χ0v) is 10.8. The summed E-state index contributed by atoms with van der Waals surface area (Å²) >= 11 is 0. The third-order valence-electron chi connectivity index (χ3n) is 2.64. The highest BCUT2D eigenvalue weighted by Crippen LogP contribution is 2.17. The molecule has 0 unspecified atom stereocenters. The van der Waals surface area contributed by atoms with Crippen molar-refractivity contribution in [3.05, 3.63) is 29.3 Å². The van der Waals surface area contributed by atoms with Crippen LogP contribution < -0.4 is 5.32 Å². The van der Waals surface area contributed by atoms with Gasteiger partial charge < -0.3 is 10.1 Å². The van der Waals surface area contributed by atoms with Crippen LogP contribution in [0.2, 0.25) is 0 Å². The Kier molecular flexibility index (Phi) is 5.89. The molecule has 0 heterocycles. The number of benzene rings is 1. The number of methoxy groups -OCH3 is 1. The second-order valence-electron chi connectivity index (χ2n) is 4.06. The molecule has 0 amide bonds. The van der Waals surface area contributed by atoms with Gasteiger partial charge in [-0.05, 0) is 38.0 Å². The van der Waals surface area contributed by atoms with Gasteiger partial charge in [-0.3, -0.25) is 4.79 Å². The largest absolute Gasteiger partial charge is 0.385 e. The molecule has 4 nitrogen and oxygen atoms in total. The molecule has 0 aliphatic rings. The molecule has 1 N–H and O–H groups in total. The molecule has 0 atom stereocenters. The number of anilines is 1. The topological polar surface area (TPSA) is 62.1 Å². The van der Waals surface area contributed by atoms with Crippen LogP contribution in [0.15, 0.2) is 18.2 Å². The number of carbonyl (C=O) groups excluding carboxylic acids is 1. The van der Waals surface area contributed by atoms with Gasteiger partial charge in [0.1, 0.15) is 6.07 Å². The lowest BCUT2D eigenvalue weighted by molar-refractivity contribution is 0.101. The molecule has 0 saturated heterocycles. The van der Waals surface area contributed by atoms with Gasteiger partial charge in [0.15, 0.2) is 5.78 Å². The molecule has 18 heavy (non-hydrogen) atoms. The van der Waals surface area contributed by atoms with Gasteiger partial charge in [-0.2, -0.15) is 5.26 Å². The Morgan fingerprint density at radius 2 is 2.22 bits per heavy atom. The summed E-state index contributed by atoms with van der Waals surface area (Å²) in [5.41, 5.74) is 1.91. The van der Waals surface area contributed by atoms with E-state index in [-0.39, 0.29) is 5.78 Å². The standard InChI is InChI=1S/C14H18N2O2/c1-11(17)12-5-6-13(10-15)14(9-12)16-7-3-4-8-18-2/h5-6,9,16H,3-4,7-8H2,1-2H3. The fourth-order valence-corrected chi connectivity index (χ4v) is 1.60. The van der Waals surface area contributed by atoms with Crippen molar-refractivity contribution in [1.82, 2.24) is 0 Å². The fraction of sp³-hybridized carbons (Fsp3) is 0.429. The quantitative estimate of drug-likeness (QED) is 0.593. The minimum Gasteiger partial charge on any atom is -0.385 e. The number of rotatable bonds is 7. The van der Waals surface area contributed by atoms with Crippen molar-refractivity contribution in [3.63, 3.8) is 0 Å². The summed E-state index contributed by atoms with van der Waals surface area (Å²) in [6, 6.07) is 7.20. The van der Waals surface area contributed by atoms with E-state index in [1.54, 1.807) is 25.3 Å². The van der Waals surface area contributed by atoms with Crippen LogP contribution in [-0.4, -0.2) is 26.0 Å². The highest BCUT2D eigenvalue weighted by molar-refractivity contribution is 5.95. The van der Waals surface area contributed by atoms with Gasteiger partial charge in [0.2, 0.25) is 0 Å². The van der Waals surface area contributed by atoms with Gasteiger partial charge in [-0.25, -0.2) is 0 Å². The molecule has 1 rings (SSSR count). The Hall–Kier alpha value is -1.86. The first-order valence-electron chi connectivity index (χ1n) is 5.97. The van der Waals surface area contributed by atoms with E-state index in [4.69, 9.17) is 10.00 Å². The van der Waals surface area contributed by atoms with Crippen molar-refractivity contribution in [2.75, 3.05) is 25.6 Å². The number of nitrogens with zero attached hydrogens (tertiary/aromatic N) is 1. The molecule has 0 radical (unpaired) electrons. The Bertz CT molecular complexity index is 450. The Morgan fingerprint density at radius 3 is 2.83 bits per heavy atom. The number of ketones is 1. The van der Waals surface area contributed by atoms with Gasteiger partial charge in [0, 0.05) is 25.8 Å². The average molecular weight is 246 g/mol. The first-order valence-corrected chi connectivity index (χ1v) is 5.97. The van der Waals surface area contributed by atoms with Crippen molar-refractivity contribution in [2.24, 2.45) is 0 Å². The summed E-state index contributed by atoms with van der Waals surface area (Å²) in [4.78, 5) is 11.3. The van der Waals surface area contributed by atoms with E-state index in [0.29, 0.717) is 11.1 Å². The minimum atomic E-state index is 0.00178. The number of unbranched alkanes of at least 4 members (excludes halogenated alkanes) is 1. The number of hydrogen-bond donors (Lipinski definition) is 1. The monoisotopic (exact) mass is 246 g/mol. The number of ether oxygens (including phenoxy) is 1. The van der Waals surface area contributed by atoms with Crippen molar-refractivity contribution < 1.29 is 9.53 Å². The number of nitriles is 1. The van der Waals surface area contributed by atoms with Crippen LogP contribution in [0, 0.1) is 11.3 Å². The molecule has 4 heteroatoms. The molecule has 0 fully saturated rings. The zero-order valence-electron chi connectivity index (χ0n) is 10.8. The SMILES string of the molecule is COCCCCNc1cc(C(C)=O)ccc1C#N. The maximum Gasteiger partial charge on any atom is 0.159 e. The number of hydrogen-bond acceptors (Lipinski definition) is 4. The molecule has 0 aromatic heterocycles. The second kappa shape index (κ2) is 7.46. The van der Waals surface area contributed by atoms with Crippen LogP contribution in [0.25, 0.3) is 0 Å². The highest BCUT2D eigenvalue weighted by Gasteiger charge is 2.05. The van der Waals surface area contributed by atoms with Gasteiger partial charge in [0.05, 0.1) is 11.3 Å². The first kappa shape index (κ1) is 14.2. The maximum atomic E-state index is 11.3. The molecule has 0 bridgehead atoms. The van der Waals surface area contributed by atoms with E-state index in [2.05, 4.69) is 11.4 Å². The predicted molar refractivity (Wildman–Crippen MR) is 70.8 cm³/mol. The van der Waals surface area contributed by atoms with Crippen molar-refractivity contribution in [1.29, 1.82) is 5.26 Å². The molecule has 1 aromatic rings. The number of nitrogens with one attached hydrogen (secondary N) is 1. The third-order valence-corrected chi connectivity index (χ3v) is 2.64. The van der Waals surface area contributed by atoms with E-state index in [1.807, 2.05) is 0 Å². The van der Waals surface area contributed by atoms with Crippen molar-refractivity contribution >= 4 is 11.5 Å². The molecular weight excluding hydrogens is 228 g/mol. The van der Waals surface area contributed by atoms with Crippen LogP contribution in [0.3, 0.4) is 0 Å². The predicted octanol–water partition coefficient (Wildman–Crippen LogP) is 2.60. The smallest absolute Gasteiger partial charge is 0.159 e. The van der Waals surface area contributed by atoms with E-state index < -0.39 is 0 Å². The lowest BCUT2D eigenvalue weighted by Crippen LogP contribution is -2.05. The van der Waals surface area contributed by atoms with Crippen LogP contribution in [0.5, 0.6) is 0 Å². The van der Waals surface area contributed by atoms with E-state index in [1.165, 1.54) is 6.92 Å². The van der Waals surface area contributed by atoms with Gasteiger partial charge >= 0.3 is 0 Å². The first-order chi connectivity index (χ1) is 8.69. The maximum absolute atomic E-state index is 11.3. The average Bonchev–Trinajstić information content (AvgIpc) is 2.38. The van der Waals surface area contributed by atoms with E-state index in [9.17, 15) is 4.79 Å². The van der Waals surface area contributed by atoms with E-state index in [0.717, 1.165) is 31.7 Å². The normalized spacial score (nSPS) is 9.83. The lowest BCUT2D eigenvalue weighted by Gasteiger charge is -2.09. The van der Waals surface area contributed by atoms with Gasteiger partial charge in [-0.1, -0.05) is 0 Å². The Morgan fingerprint density at radius 1 is 1.44 bits per heavy atom. The molecule has 96 valence electrons. The Balaban J connectivity index is 2.65. The van der Waals surface area contributed by atoms with Crippen LogP contribution >= 0.6 is 0 Å². The van der Waals surface area contributed by atoms with Gasteiger partial charge in [0.25, 0.3) is 0 Å². The fourth-order valence-electron chi connectivity index (χ4n) is 1.60. The van der Waals surface area contributed by atoms with Gasteiger partial charge in [-0.15, -0.1) is 0 Å². The summed E-state index contributed by atoms with van der Waals surface area (Å²) in [7, 11) is 1.68. The summed E-state index contributed by atoms with van der Waals surface area (Å²) in [5, 5.41) is 12.2. The van der Waals surface area contributed by atoms with Crippen LogP contribution in [0.1, 0.15) is 35.7 Å². The van der Waals surface area contributed by atoms with Crippen molar-refractivity contribution in [2.45, 2.75) is 19.8 Å². The summed E-state index contributed by atoms with van der Waals surface area (Å²) in [6.07, 6.45) is 1.93. The summed E-state index contributed by atoms with van der Waals surface area (Å²) in [5.74, 6) is 0.00178. The highest BCUT2D eigenvalue weighted by atomic mass is 16.5.